The van der Waals surface area contributed by atoms with Crippen molar-refractivity contribution in [2.45, 2.75) is 13.5 Å². The van der Waals surface area contributed by atoms with Gasteiger partial charge in [0.25, 0.3) is 17.2 Å². The van der Waals surface area contributed by atoms with Crippen LogP contribution in [-0.2, 0) is 6.61 Å². The molecule has 0 atom stereocenters. The number of nitro groups is 1. The molecule has 3 aromatic rings. The third-order valence-electron chi connectivity index (χ3n) is 3.52. The van der Waals surface area contributed by atoms with Crippen LogP contribution in [0, 0.1) is 17.0 Å². The third-order valence-corrected chi connectivity index (χ3v) is 4.39. The van der Waals surface area contributed by atoms with E-state index in [0.717, 1.165) is 10.4 Å². The second kappa shape index (κ2) is 7.79. The van der Waals surface area contributed by atoms with Crippen LogP contribution in [0.15, 0.2) is 52.8 Å². The first kappa shape index (κ1) is 18.3. The second-order valence-electron chi connectivity index (χ2n) is 5.50. The Morgan fingerprint density at radius 2 is 2.07 bits per heavy atom. The number of nitrogens with zero attached hydrogens (tertiary/aromatic N) is 3. The Balaban J connectivity index is 1.71. The van der Waals surface area contributed by atoms with Gasteiger partial charge in [-0.15, -0.1) is 11.3 Å². The van der Waals surface area contributed by atoms with Crippen molar-refractivity contribution >= 4 is 28.1 Å². The number of amides is 1. The summed E-state index contributed by atoms with van der Waals surface area (Å²) < 4.78 is 0.948. The molecule has 0 saturated heterocycles. The summed E-state index contributed by atoms with van der Waals surface area (Å²) in [6.07, 6.45) is 1.39. The second-order valence-corrected chi connectivity index (χ2v) is 6.36. The van der Waals surface area contributed by atoms with Crippen LogP contribution in [0.25, 0.3) is 0 Å². The van der Waals surface area contributed by atoms with E-state index >= 15 is 0 Å². The fourth-order valence-electron chi connectivity index (χ4n) is 2.18. The number of hydrogen-bond donors (Lipinski definition) is 1. The number of rotatable bonds is 6. The monoisotopic (exact) mass is 386 g/mol. The van der Waals surface area contributed by atoms with Crippen molar-refractivity contribution in [2.24, 2.45) is 0 Å². The SMILES string of the molecule is Cc1csc(NC(=O)c2cccn(OCc3ccc([N+](=O)[O-])cc3)c2=O)n1. The predicted octanol–water partition coefficient (Wildman–Crippen LogP) is 2.40. The van der Waals surface area contributed by atoms with Gasteiger partial charge in [-0.3, -0.25) is 25.0 Å². The number of anilines is 1. The van der Waals surface area contributed by atoms with E-state index in [2.05, 4.69) is 10.3 Å². The number of pyridine rings is 1. The van der Waals surface area contributed by atoms with Crippen molar-refractivity contribution < 1.29 is 14.6 Å². The van der Waals surface area contributed by atoms with Gasteiger partial charge in [0.1, 0.15) is 12.2 Å². The highest BCUT2D eigenvalue weighted by atomic mass is 32.1. The molecule has 0 spiro atoms. The smallest absolute Gasteiger partial charge is 0.295 e. The van der Waals surface area contributed by atoms with E-state index in [1.54, 1.807) is 12.3 Å². The molecular formula is C17H14N4O5S. The quantitative estimate of drug-likeness (QED) is 0.514. The number of hydrogen-bond acceptors (Lipinski definition) is 7. The van der Waals surface area contributed by atoms with Crippen LogP contribution in [0.2, 0.25) is 0 Å². The van der Waals surface area contributed by atoms with Gasteiger partial charge in [0, 0.05) is 23.7 Å². The molecule has 0 radical (unpaired) electrons. The van der Waals surface area contributed by atoms with Crippen LogP contribution < -0.4 is 15.7 Å². The van der Waals surface area contributed by atoms with Gasteiger partial charge in [-0.05, 0) is 36.8 Å². The molecule has 0 aliphatic heterocycles. The minimum Gasteiger partial charge on any atom is -0.406 e. The van der Waals surface area contributed by atoms with Crippen LogP contribution in [0.4, 0.5) is 10.8 Å². The lowest BCUT2D eigenvalue weighted by Gasteiger charge is -2.09. The zero-order chi connectivity index (χ0) is 19.4. The molecule has 138 valence electrons. The average molecular weight is 386 g/mol. The van der Waals surface area contributed by atoms with Crippen molar-refractivity contribution in [3.8, 4) is 0 Å². The molecule has 9 nitrogen and oxygen atoms in total. The molecule has 1 aromatic carbocycles. The van der Waals surface area contributed by atoms with E-state index in [0.29, 0.717) is 10.7 Å². The first-order valence-electron chi connectivity index (χ1n) is 7.76. The van der Waals surface area contributed by atoms with E-state index in [1.807, 2.05) is 0 Å². The maximum absolute atomic E-state index is 12.4. The summed E-state index contributed by atoms with van der Waals surface area (Å²) in [6.45, 7) is 1.81. The fourth-order valence-corrected chi connectivity index (χ4v) is 2.87. The number of carbonyl (C=O) groups excluding carboxylic acids is 1. The van der Waals surface area contributed by atoms with E-state index < -0.39 is 16.4 Å². The fraction of sp³-hybridized carbons (Fsp3) is 0.118. The van der Waals surface area contributed by atoms with Crippen LogP contribution in [0.5, 0.6) is 0 Å². The van der Waals surface area contributed by atoms with Gasteiger partial charge >= 0.3 is 0 Å². The maximum Gasteiger partial charge on any atom is 0.295 e. The molecule has 0 bridgehead atoms. The molecule has 1 N–H and O–H groups in total. The lowest BCUT2D eigenvalue weighted by molar-refractivity contribution is -0.384. The van der Waals surface area contributed by atoms with Crippen LogP contribution >= 0.6 is 11.3 Å². The summed E-state index contributed by atoms with van der Waals surface area (Å²) in [5.41, 5.74) is 0.666. The maximum atomic E-state index is 12.4. The van der Waals surface area contributed by atoms with Gasteiger partial charge in [-0.25, -0.2) is 4.98 Å². The topological polar surface area (TPSA) is 116 Å². The Morgan fingerprint density at radius 3 is 2.70 bits per heavy atom. The normalized spacial score (nSPS) is 10.4. The molecule has 0 saturated carbocycles. The van der Waals surface area contributed by atoms with Gasteiger partial charge < -0.3 is 4.84 Å². The van der Waals surface area contributed by atoms with Crippen molar-refractivity contribution in [2.75, 3.05) is 5.32 Å². The highest BCUT2D eigenvalue weighted by Gasteiger charge is 2.14. The number of nitrogens with one attached hydrogen (secondary N) is 1. The molecule has 0 aliphatic rings. The first-order chi connectivity index (χ1) is 12.9. The molecule has 27 heavy (non-hydrogen) atoms. The van der Waals surface area contributed by atoms with E-state index in [1.165, 1.54) is 53.9 Å². The average Bonchev–Trinajstić information content (AvgIpc) is 3.05. The summed E-state index contributed by atoms with van der Waals surface area (Å²) in [7, 11) is 0. The molecule has 2 heterocycles. The number of carbonyl (C=O) groups is 1. The summed E-state index contributed by atoms with van der Waals surface area (Å²) in [4.78, 5) is 44.4. The van der Waals surface area contributed by atoms with Gasteiger partial charge in [0.15, 0.2) is 5.13 Å². The number of thiazole rings is 1. The standard InChI is InChI=1S/C17H14N4O5S/c1-11-10-27-17(18-11)19-15(22)14-3-2-8-20(16(14)23)26-9-12-4-6-13(7-5-12)21(24)25/h2-8,10H,9H2,1H3,(H,18,19,22). The summed E-state index contributed by atoms with van der Waals surface area (Å²) in [5.74, 6) is -0.581. The highest BCUT2D eigenvalue weighted by Crippen LogP contribution is 2.15. The van der Waals surface area contributed by atoms with Gasteiger partial charge in [0.2, 0.25) is 0 Å². The number of aromatic nitrogens is 2. The minimum atomic E-state index is -0.620. The molecule has 0 aliphatic carbocycles. The van der Waals surface area contributed by atoms with Crippen molar-refractivity contribution in [1.29, 1.82) is 0 Å². The molecular weight excluding hydrogens is 372 g/mol. The lowest BCUT2D eigenvalue weighted by Crippen LogP contribution is -2.32. The number of aryl methyl sites for hydroxylation is 1. The molecule has 2 aromatic heterocycles. The molecule has 3 rings (SSSR count). The third kappa shape index (κ3) is 4.36. The van der Waals surface area contributed by atoms with Gasteiger partial charge in [-0.1, -0.05) is 0 Å². The number of benzene rings is 1. The molecule has 0 unspecified atom stereocenters. The highest BCUT2D eigenvalue weighted by molar-refractivity contribution is 7.13. The van der Waals surface area contributed by atoms with Crippen molar-refractivity contribution in [3.63, 3.8) is 0 Å². The number of non-ortho nitro benzene ring substituents is 1. The minimum absolute atomic E-state index is 0.00858. The molecule has 0 fully saturated rings. The Kier molecular flexibility index (Phi) is 5.27. The van der Waals surface area contributed by atoms with E-state index in [4.69, 9.17) is 4.84 Å². The number of nitro benzene ring substituents is 1. The summed E-state index contributed by atoms with van der Waals surface area (Å²) in [6, 6.07) is 8.67. The van der Waals surface area contributed by atoms with Gasteiger partial charge in [-0.2, -0.15) is 4.73 Å². The van der Waals surface area contributed by atoms with E-state index in [-0.39, 0.29) is 17.9 Å². The van der Waals surface area contributed by atoms with Crippen LogP contribution in [0.3, 0.4) is 0 Å². The Morgan fingerprint density at radius 1 is 1.33 bits per heavy atom. The zero-order valence-electron chi connectivity index (χ0n) is 14.1. The van der Waals surface area contributed by atoms with Crippen molar-refractivity contribution in [1.82, 2.24) is 9.71 Å². The Labute approximate surface area is 157 Å². The van der Waals surface area contributed by atoms with E-state index in [9.17, 15) is 19.7 Å². The zero-order valence-corrected chi connectivity index (χ0v) is 14.9. The lowest BCUT2D eigenvalue weighted by atomic mass is 10.2. The Hall–Kier alpha value is -3.53. The van der Waals surface area contributed by atoms with Crippen LogP contribution in [0.1, 0.15) is 21.6 Å². The van der Waals surface area contributed by atoms with Gasteiger partial charge in [0.05, 0.1) is 10.6 Å². The molecule has 10 heteroatoms. The molecule has 1 amide bonds. The predicted molar refractivity (Wildman–Crippen MR) is 98.9 cm³/mol. The summed E-state index contributed by atoms with van der Waals surface area (Å²) >= 11 is 1.26. The van der Waals surface area contributed by atoms with Crippen molar-refractivity contribution in [3.05, 3.63) is 85.3 Å². The largest absolute Gasteiger partial charge is 0.406 e. The Bertz CT molecular complexity index is 1040. The first-order valence-corrected chi connectivity index (χ1v) is 8.64. The summed E-state index contributed by atoms with van der Waals surface area (Å²) in [5, 5.41) is 15.4. The van der Waals surface area contributed by atoms with Crippen LogP contribution in [-0.4, -0.2) is 20.5 Å².